The highest BCUT2D eigenvalue weighted by Gasteiger charge is 2.78. The highest BCUT2D eigenvalue weighted by Crippen LogP contribution is 2.62. The number of carbonyl (C=O) groups excluding carboxylic acids is 2. The molecule has 0 bridgehead atoms. The van der Waals surface area contributed by atoms with Crippen LogP contribution in [-0.4, -0.2) is 44.6 Å². The van der Waals surface area contributed by atoms with Gasteiger partial charge in [0.15, 0.2) is 5.41 Å². The molecule has 0 N–H and O–H groups in total. The maximum absolute atomic E-state index is 13.2. The van der Waals surface area contributed by atoms with Gasteiger partial charge >= 0.3 is 11.9 Å². The zero-order valence-electron chi connectivity index (χ0n) is 15.7. The Morgan fingerprint density at radius 1 is 1.25 bits per heavy atom. The Labute approximate surface area is 144 Å². The fourth-order valence-electron chi connectivity index (χ4n) is 4.86. The van der Waals surface area contributed by atoms with Gasteiger partial charge in [-0.3, -0.25) is 9.28 Å². The molecule has 3 heterocycles. The van der Waals surface area contributed by atoms with Gasteiger partial charge in [0.25, 0.3) is 0 Å². The Morgan fingerprint density at radius 2 is 1.88 bits per heavy atom. The highest BCUT2D eigenvalue weighted by atomic mass is 28.3. The van der Waals surface area contributed by atoms with Crippen LogP contribution in [-0.2, 0) is 14.3 Å². The largest absolute Gasteiger partial charge is 0.474 e. The van der Waals surface area contributed by atoms with Crippen LogP contribution in [0, 0.1) is 11.3 Å². The molecule has 0 aromatic carbocycles. The van der Waals surface area contributed by atoms with Crippen molar-refractivity contribution in [3.8, 4) is 0 Å². The molecule has 6 heteroatoms. The minimum Gasteiger partial charge on any atom is -0.474 e. The summed E-state index contributed by atoms with van der Waals surface area (Å²) in [6.07, 6.45) is 1.54. The molecule has 3 atom stereocenters. The van der Waals surface area contributed by atoms with Crippen molar-refractivity contribution in [3.63, 3.8) is 0 Å². The molecule has 0 aliphatic carbocycles. The summed E-state index contributed by atoms with van der Waals surface area (Å²) >= 11 is 0. The van der Waals surface area contributed by atoms with E-state index >= 15 is 0 Å². The molecular weight excluding hydrogens is 322 g/mol. The molecule has 1 spiro atoms. The van der Waals surface area contributed by atoms with Gasteiger partial charge in [0, 0.05) is 5.56 Å². The van der Waals surface area contributed by atoms with E-state index < -0.39 is 13.5 Å². The fourth-order valence-corrected chi connectivity index (χ4v) is 6.37. The van der Waals surface area contributed by atoms with Crippen LogP contribution in [0.1, 0.15) is 31.9 Å². The second-order valence-electron chi connectivity index (χ2n) is 9.07. The average molecular weight is 351 g/mol. The second kappa shape index (κ2) is 5.05. The first-order chi connectivity index (χ1) is 10.9. The molecule has 0 saturated carbocycles. The van der Waals surface area contributed by atoms with Gasteiger partial charge in [0.05, 0.1) is 32.2 Å². The van der Waals surface area contributed by atoms with Crippen molar-refractivity contribution in [2.75, 3.05) is 14.1 Å². The number of nitrogens with zero attached hydrogens (tertiary/aromatic N) is 1. The second-order valence-corrected chi connectivity index (χ2v) is 14.0. The van der Waals surface area contributed by atoms with Crippen LogP contribution in [0.15, 0.2) is 16.7 Å². The van der Waals surface area contributed by atoms with Crippen molar-refractivity contribution < 1.29 is 23.2 Å². The quantitative estimate of drug-likeness (QED) is 0.364. The molecular formula is C18H28NO4Si+. The van der Waals surface area contributed by atoms with Crippen LogP contribution in [0.25, 0.3) is 0 Å². The van der Waals surface area contributed by atoms with E-state index in [1.54, 1.807) is 6.26 Å². The maximum atomic E-state index is 13.2. The third-order valence-corrected chi connectivity index (χ3v) is 7.30. The molecule has 0 unspecified atom stereocenters. The zero-order chi connectivity index (χ0) is 18.1. The van der Waals surface area contributed by atoms with E-state index in [1.807, 2.05) is 34.0 Å². The Morgan fingerprint density at radius 3 is 2.42 bits per heavy atom. The molecule has 3 rings (SSSR count). The minimum absolute atomic E-state index is 0.0932. The summed E-state index contributed by atoms with van der Waals surface area (Å²) in [4.78, 5) is 25.3. The van der Waals surface area contributed by atoms with Crippen LogP contribution in [0.5, 0.6) is 0 Å². The first-order valence-corrected chi connectivity index (χ1v) is 12.1. The number of carbonyl (C=O) groups is 2. The van der Waals surface area contributed by atoms with Gasteiger partial charge in [0.2, 0.25) is 0 Å². The van der Waals surface area contributed by atoms with E-state index in [4.69, 9.17) is 9.15 Å². The first kappa shape index (κ1) is 17.4. The Bertz CT molecular complexity index is 700. The van der Waals surface area contributed by atoms with Gasteiger partial charge in [-0.2, -0.15) is 0 Å². The lowest BCUT2D eigenvalue weighted by atomic mass is 9.60. The highest BCUT2D eigenvalue weighted by molar-refractivity contribution is 6.88. The number of hydrogen-bond acceptors (Lipinski definition) is 4. The van der Waals surface area contributed by atoms with Crippen molar-refractivity contribution in [2.24, 2.45) is 11.3 Å². The number of likely N-dealkylation sites (tertiary alicyclic amines) is 1. The van der Waals surface area contributed by atoms with E-state index in [-0.39, 0.29) is 40.8 Å². The third kappa shape index (κ3) is 2.08. The molecule has 1 aromatic rings. The molecule has 0 radical (unpaired) electrons. The molecule has 24 heavy (non-hydrogen) atoms. The van der Waals surface area contributed by atoms with Crippen LogP contribution >= 0.6 is 0 Å². The summed E-state index contributed by atoms with van der Waals surface area (Å²) in [5, 5.41) is 1.02. The smallest absolute Gasteiger partial charge is 0.330 e. The lowest BCUT2D eigenvalue weighted by Crippen LogP contribution is -2.75. The van der Waals surface area contributed by atoms with E-state index in [0.717, 1.165) is 10.9 Å². The molecule has 2 aliphatic rings. The molecule has 5 nitrogen and oxygen atoms in total. The topological polar surface area (TPSA) is 56.5 Å². The van der Waals surface area contributed by atoms with Gasteiger partial charge in [0.1, 0.15) is 20.2 Å². The van der Waals surface area contributed by atoms with Gasteiger partial charge < -0.3 is 9.15 Å². The lowest BCUT2D eigenvalue weighted by Gasteiger charge is -2.57. The number of β-lactam (4-membered cyclic amide) rings is 1. The van der Waals surface area contributed by atoms with Crippen molar-refractivity contribution in [1.29, 1.82) is 0 Å². The number of cyclic esters (lactones) is 1. The van der Waals surface area contributed by atoms with Crippen LogP contribution in [0.3, 0.4) is 0 Å². The molecule has 1 amide bonds. The van der Waals surface area contributed by atoms with Gasteiger partial charge in [-0.15, -0.1) is 0 Å². The third-order valence-electron chi connectivity index (χ3n) is 5.53. The van der Waals surface area contributed by atoms with Crippen molar-refractivity contribution in [3.05, 3.63) is 17.9 Å². The molecule has 132 valence electrons. The van der Waals surface area contributed by atoms with Crippen molar-refractivity contribution in [2.45, 2.75) is 52.1 Å². The van der Waals surface area contributed by atoms with E-state index in [9.17, 15) is 9.59 Å². The summed E-state index contributed by atoms with van der Waals surface area (Å²) in [7, 11) is 2.16. The summed E-state index contributed by atoms with van der Waals surface area (Å²) in [5.41, 5.74) is 0.329. The van der Waals surface area contributed by atoms with E-state index in [2.05, 4.69) is 19.6 Å². The summed E-state index contributed by atoms with van der Waals surface area (Å²) in [6, 6.07) is 1.90. The summed E-state index contributed by atoms with van der Waals surface area (Å²) < 4.78 is 11.7. The van der Waals surface area contributed by atoms with Crippen molar-refractivity contribution in [1.82, 2.24) is 0 Å². The Kier molecular flexibility index (Phi) is 3.67. The predicted octanol–water partition coefficient (Wildman–Crippen LogP) is 2.44. The van der Waals surface area contributed by atoms with Gasteiger partial charge in [-0.05, 0) is 12.0 Å². The molecule has 2 fully saturated rings. The number of furan rings is 1. The van der Waals surface area contributed by atoms with Crippen molar-refractivity contribution >= 4 is 25.3 Å². The Balaban J connectivity index is 2.17. The zero-order valence-corrected chi connectivity index (χ0v) is 16.7. The van der Waals surface area contributed by atoms with Crippen LogP contribution in [0.4, 0.5) is 0 Å². The number of amides is 1. The standard InChI is InChI=1S/C18H28NO4Si/c1-11(2)15-18(10-13(20)23-15)14(19(3,4)17(18)21)12-8-9-22-16(12)24(5,6)7/h8-9,11,14-15H,10H2,1-7H3/q+1/t14-,15-,18+/m0/s1. The molecule has 1 aromatic heterocycles. The predicted molar refractivity (Wildman–Crippen MR) is 93.3 cm³/mol. The molecule has 2 saturated heterocycles. The normalized spacial score (nSPS) is 32.3. The summed E-state index contributed by atoms with van der Waals surface area (Å²) in [5.74, 6) is -0.0602. The first-order valence-electron chi connectivity index (χ1n) is 8.60. The summed E-state index contributed by atoms with van der Waals surface area (Å²) in [6.45, 7) is 10.7. The average Bonchev–Trinajstić information content (AvgIpc) is 3.03. The van der Waals surface area contributed by atoms with Crippen LogP contribution < -0.4 is 5.38 Å². The lowest BCUT2D eigenvalue weighted by molar-refractivity contribution is -0.896. The number of esters is 1. The van der Waals surface area contributed by atoms with Gasteiger partial charge in [-0.1, -0.05) is 33.5 Å². The van der Waals surface area contributed by atoms with E-state index in [0.29, 0.717) is 0 Å². The van der Waals surface area contributed by atoms with E-state index in [1.165, 1.54) is 0 Å². The SMILES string of the molecule is CC(C)[C@@H]1OC(=O)C[C@]12C(=O)[N+](C)(C)[C@H]2c1ccoc1[Si](C)(C)C. The number of quaternary nitrogens is 1. The molecule has 2 aliphatic heterocycles. The van der Waals surface area contributed by atoms with Crippen LogP contribution in [0.2, 0.25) is 19.6 Å². The minimum atomic E-state index is -1.70. The number of rotatable bonds is 3. The monoisotopic (exact) mass is 350 g/mol. The maximum Gasteiger partial charge on any atom is 0.330 e. The Hall–Kier alpha value is -1.40. The fraction of sp³-hybridized carbons (Fsp3) is 0.667. The number of hydrogen-bond donors (Lipinski definition) is 0. The van der Waals surface area contributed by atoms with Gasteiger partial charge in [-0.25, -0.2) is 4.79 Å². The number of ether oxygens (including phenoxy) is 1.